The number of nitrogens with one attached hydrogen (secondary N) is 1. The summed E-state index contributed by atoms with van der Waals surface area (Å²) in [4.78, 5) is 28.5. The van der Waals surface area contributed by atoms with Crippen molar-refractivity contribution in [3.63, 3.8) is 0 Å². The van der Waals surface area contributed by atoms with Gasteiger partial charge in [0.25, 0.3) is 5.56 Å². The highest BCUT2D eigenvalue weighted by molar-refractivity contribution is 6.04. The van der Waals surface area contributed by atoms with Crippen LogP contribution < -0.4 is 10.9 Å². The van der Waals surface area contributed by atoms with Crippen molar-refractivity contribution in [2.45, 2.75) is 77.0 Å². The number of hydrogen-bond donors (Lipinski definition) is 2. The smallest absolute Gasteiger partial charge is 0.260 e. The SMILES string of the molecule is CCCCNc1ncc2c3ccc(CN4CCN(C)CC4)cc3c(=O)n([C@H]3CCC[C@H](O)CCC3)c2n1. The van der Waals surface area contributed by atoms with Gasteiger partial charge in [0.1, 0.15) is 5.65 Å². The van der Waals surface area contributed by atoms with Gasteiger partial charge in [0.05, 0.1) is 6.10 Å². The predicted octanol–water partition coefficient (Wildman–Crippen LogP) is 4.16. The summed E-state index contributed by atoms with van der Waals surface area (Å²) < 4.78 is 1.96. The Balaban J connectivity index is 1.57. The van der Waals surface area contributed by atoms with E-state index in [0.717, 1.165) is 112 Å². The molecule has 1 saturated heterocycles. The average molecular weight is 507 g/mol. The standard InChI is InChI=1S/C29H42N6O2/c1-3-4-13-30-29-31-19-26-24-12-11-21(20-34-16-14-33(2)15-17-34)18-25(24)28(37)35(27(26)32-29)22-7-5-9-23(36)10-6-8-22/h11-12,18-19,22-23,36H,3-10,13-17,20H2,1-2H3,(H,30,31,32)/t22-,23-. The minimum atomic E-state index is -0.222. The summed E-state index contributed by atoms with van der Waals surface area (Å²) in [6.45, 7) is 8.09. The number of nitrogens with zero attached hydrogens (tertiary/aromatic N) is 5. The van der Waals surface area contributed by atoms with Gasteiger partial charge in [0.15, 0.2) is 0 Å². The van der Waals surface area contributed by atoms with E-state index in [9.17, 15) is 9.90 Å². The maximum atomic E-state index is 14.2. The first kappa shape index (κ1) is 26.1. The zero-order valence-corrected chi connectivity index (χ0v) is 22.5. The van der Waals surface area contributed by atoms with E-state index in [1.165, 1.54) is 5.56 Å². The number of aliphatic hydroxyl groups excluding tert-OH is 1. The lowest BCUT2D eigenvalue weighted by molar-refractivity contribution is 0.134. The maximum absolute atomic E-state index is 14.2. The summed E-state index contributed by atoms with van der Waals surface area (Å²) in [5.74, 6) is 0.585. The second-order valence-corrected chi connectivity index (χ2v) is 11.0. The van der Waals surface area contributed by atoms with Gasteiger partial charge in [-0.25, -0.2) is 4.98 Å². The highest BCUT2D eigenvalue weighted by atomic mass is 16.3. The zero-order chi connectivity index (χ0) is 25.8. The van der Waals surface area contributed by atoms with E-state index in [-0.39, 0.29) is 17.7 Å². The zero-order valence-electron chi connectivity index (χ0n) is 22.5. The summed E-state index contributed by atoms with van der Waals surface area (Å²) in [5.41, 5.74) is 1.95. The third-order valence-corrected chi connectivity index (χ3v) is 8.15. The fraction of sp³-hybridized carbons (Fsp3) is 0.621. The number of aromatic nitrogens is 3. The Morgan fingerprint density at radius 1 is 1.03 bits per heavy atom. The quantitative estimate of drug-likeness (QED) is 0.368. The van der Waals surface area contributed by atoms with Crippen molar-refractivity contribution in [2.24, 2.45) is 0 Å². The van der Waals surface area contributed by atoms with Gasteiger partial charge in [-0.3, -0.25) is 14.3 Å². The molecule has 2 aliphatic rings. The van der Waals surface area contributed by atoms with E-state index in [1.807, 2.05) is 10.8 Å². The summed E-state index contributed by atoms with van der Waals surface area (Å²) in [7, 11) is 2.17. The number of likely N-dealkylation sites (N-methyl/N-ethyl adjacent to an activating group) is 1. The number of unbranched alkanes of at least 4 members (excludes halogenated alkanes) is 1. The van der Waals surface area contributed by atoms with Crippen LogP contribution in [0.15, 0.2) is 29.2 Å². The van der Waals surface area contributed by atoms with Crippen molar-refractivity contribution in [3.05, 3.63) is 40.3 Å². The molecule has 200 valence electrons. The molecule has 8 nitrogen and oxygen atoms in total. The second-order valence-electron chi connectivity index (χ2n) is 11.0. The number of pyridine rings is 1. The van der Waals surface area contributed by atoms with E-state index in [4.69, 9.17) is 4.98 Å². The van der Waals surface area contributed by atoms with Crippen molar-refractivity contribution >= 4 is 27.8 Å². The lowest BCUT2D eigenvalue weighted by Gasteiger charge is -2.32. The summed E-state index contributed by atoms with van der Waals surface area (Å²) in [5, 5.41) is 16.1. The van der Waals surface area contributed by atoms with Crippen molar-refractivity contribution in [2.75, 3.05) is 45.1 Å². The van der Waals surface area contributed by atoms with Crippen molar-refractivity contribution in [1.82, 2.24) is 24.3 Å². The number of rotatable bonds is 7. The maximum Gasteiger partial charge on any atom is 0.260 e. The van der Waals surface area contributed by atoms with Crippen LogP contribution in [-0.4, -0.2) is 75.3 Å². The van der Waals surface area contributed by atoms with Crippen LogP contribution in [0.25, 0.3) is 21.8 Å². The molecule has 3 aromatic rings. The van der Waals surface area contributed by atoms with Crippen LogP contribution in [-0.2, 0) is 6.54 Å². The average Bonchev–Trinajstić information content (AvgIpc) is 2.88. The molecule has 8 heteroatoms. The fourth-order valence-corrected chi connectivity index (χ4v) is 5.86. The highest BCUT2D eigenvalue weighted by Crippen LogP contribution is 2.31. The topological polar surface area (TPSA) is 86.5 Å². The van der Waals surface area contributed by atoms with Gasteiger partial charge in [-0.2, -0.15) is 4.98 Å². The Labute approximate surface area is 219 Å². The van der Waals surface area contributed by atoms with Crippen molar-refractivity contribution in [1.29, 1.82) is 0 Å². The van der Waals surface area contributed by atoms with E-state index in [2.05, 4.69) is 52.3 Å². The van der Waals surface area contributed by atoms with Gasteiger partial charge in [-0.1, -0.05) is 25.5 Å². The number of piperazine rings is 1. The van der Waals surface area contributed by atoms with Gasteiger partial charge < -0.3 is 15.3 Å². The molecule has 1 saturated carbocycles. The van der Waals surface area contributed by atoms with Crippen LogP contribution in [0, 0.1) is 0 Å². The molecule has 2 N–H and O–H groups in total. The molecule has 0 atom stereocenters. The Kier molecular flexibility index (Phi) is 8.37. The van der Waals surface area contributed by atoms with Gasteiger partial charge >= 0.3 is 0 Å². The Bertz CT molecular complexity index is 1260. The molecule has 0 unspecified atom stereocenters. The highest BCUT2D eigenvalue weighted by Gasteiger charge is 2.23. The summed E-state index contributed by atoms with van der Waals surface area (Å²) >= 11 is 0. The minimum absolute atomic E-state index is 0.0482. The molecule has 0 radical (unpaired) electrons. The van der Waals surface area contributed by atoms with Crippen LogP contribution in [0.1, 0.15) is 69.9 Å². The molecule has 5 rings (SSSR count). The molecule has 1 aliphatic carbocycles. The molecule has 0 spiro atoms. The van der Waals surface area contributed by atoms with E-state index in [1.54, 1.807) is 0 Å². The van der Waals surface area contributed by atoms with Gasteiger partial charge in [-0.15, -0.1) is 0 Å². The Morgan fingerprint density at radius 2 is 1.78 bits per heavy atom. The van der Waals surface area contributed by atoms with E-state index >= 15 is 0 Å². The molecule has 2 fully saturated rings. The monoisotopic (exact) mass is 506 g/mol. The fourth-order valence-electron chi connectivity index (χ4n) is 5.86. The number of aliphatic hydroxyl groups is 1. The Morgan fingerprint density at radius 3 is 2.51 bits per heavy atom. The summed E-state index contributed by atoms with van der Waals surface area (Å²) in [6, 6.07) is 6.43. The lowest BCUT2D eigenvalue weighted by atomic mass is 9.94. The van der Waals surface area contributed by atoms with Crippen LogP contribution in [0.2, 0.25) is 0 Å². The minimum Gasteiger partial charge on any atom is -0.393 e. The molecular formula is C29H42N6O2. The molecule has 2 aromatic heterocycles. The van der Waals surface area contributed by atoms with Crippen LogP contribution >= 0.6 is 0 Å². The first-order valence-corrected chi connectivity index (χ1v) is 14.2. The first-order chi connectivity index (χ1) is 18.0. The van der Waals surface area contributed by atoms with Gasteiger partial charge in [0.2, 0.25) is 5.95 Å². The van der Waals surface area contributed by atoms with Gasteiger partial charge in [-0.05, 0) is 69.0 Å². The largest absolute Gasteiger partial charge is 0.393 e. The van der Waals surface area contributed by atoms with E-state index < -0.39 is 0 Å². The third kappa shape index (κ3) is 5.97. The summed E-state index contributed by atoms with van der Waals surface area (Å²) in [6.07, 6.45) is 8.98. The van der Waals surface area contributed by atoms with Crippen molar-refractivity contribution < 1.29 is 5.11 Å². The van der Waals surface area contributed by atoms with Crippen molar-refractivity contribution in [3.8, 4) is 0 Å². The van der Waals surface area contributed by atoms with Crippen LogP contribution in [0.3, 0.4) is 0 Å². The lowest BCUT2D eigenvalue weighted by Crippen LogP contribution is -2.43. The third-order valence-electron chi connectivity index (χ3n) is 8.15. The molecule has 1 aromatic carbocycles. The number of benzene rings is 1. The predicted molar refractivity (Wildman–Crippen MR) is 150 cm³/mol. The number of fused-ring (bicyclic) bond motifs is 3. The molecule has 0 amide bonds. The normalized spacial score (nSPS) is 22.2. The Hall–Kier alpha value is -2.55. The van der Waals surface area contributed by atoms with E-state index in [0.29, 0.717) is 5.95 Å². The number of anilines is 1. The number of hydrogen-bond acceptors (Lipinski definition) is 7. The molecular weight excluding hydrogens is 464 g/mol. The molecule has 37 heavy (non-hydrogen) atoms. The van der Waals surface area contributed by atoms with Gasteiger partial charge in [0, 0.05) is 62.3 Å². The second kappa shape index (κ2) is 11.9. The first-order valence-electron chi connectivity index (χ1n) is 14.2. The van der Waals surface area contributed by atoms with Crippen LogP contribution in [0.5, 0.6) is 0 Å². The molecule has 1 aliphatic heterocycles. The van der Waals surface area contributed by atoms with Crippen LogP contribution in [0.4, 0.5) is 5.95 Å². The molecule has 3 heterocycles. The molecule has 0 bridgehead atoms.